The minimum Gasteiger partial charge on any atom is -0.368 e. The Labute approximate surface area is 94.9 Å². The number of rotatable bonds is 4. The van der Waals surface area contributed by atoms with Gasteiger partial charge in [0.05, 0.1) is 0 Å². The normalized spacial score (nSPS) is 12.6. The fourth-order valence-electron chi connectivity index (χ4n) is 1.40. The number of nitrogens with one attached hydrogen (secondary N) is 1. The van der Waals surface area contributed by atoms with Crippen LogP contribution in [0.1, 0.15) is 19.4 Å². The van der Waals surface area contributed by atoms with Gasteiger partial charge in [-0.25, -0.2) is 0 Å². The van der Waals surface area contributed by atoms with Gasteiger partial charge in [0.25, 0.3) is 0 Å². The molecule has 0 heterocycles. The SMILES string of the molecule is CC(=O)Nc1ccc(CC(C)C(O)O)cc1. The first kappa shape index (κ1) is 12.7. The highest BCUT2D eigenvalue weighted by Crippen LogP contribution is 2.14. The van der Waals surface area contributed by atoms with Crippen LogP contribution >= 0.6 is 0 Å². The van der Waals surface area contributed by atoms with Crippen LogP contribution in [0.4, 0.5) is 5.69 Å². The van der Waals surface area contributed by atoms with E-state index in [4.69, 9.17) is 10.2 Å². The van der Waals surface area contributed by atoms with Crippen LogP contribution in [-0.4, -0.2) is 22.4 Å². The molecule has 4 heteroatoms. The Balaban J connectivity index is 2.61. The van der Waals surface area contributed by atoms with Gasteiger partial charge in [-0.1, -0.05) is 19.1 Å². The molecule has 1 aromatic carbocycles. The van der Waals surface area contributed by atoms with E-state index in [1.807, 2.05) is 12.1 Å². The Morgan fingerprint density at radius 3 is 2.31 bits per heavy atom. The topological polar surface area (TPSA) is 69.6 Å². The minimum atomic E-state index is -1.30. The van der Waals surface area contributed by atoms with Crippen molar-refractivity contribution in [1.82, 2.24) is 0 Å². The predicted molar refractivity (Wildman–Crippen MR) is 61.8 cm³/mol. The summed E-state index contributed by atoms with van der Waals surface area (Å²) in [7, 11) is 0. The minimum absolute atomic E-state index is 0.105. The van der Waals surface area contributed by atoms with Crippen LogP contribution in [0, 0.1) is 5.92 Å². The lowest BCUT2D eigenvalue weighted by Gasteiger charge is -2.13. The number of benzene rings is 1. The van der Waals surface area contributed by atoms with E-state index in [2.05, 4.69) is 5.32 Å². The van der Waals surface area contributed by atoms with Crippen molar-refractivity contribution in [3.8, 4) is 0 Å². The molecule has 1 unspecified atom stereocenters. The molecule has 3 N–H and O–H groups in total. The van der Waals surface area contributed by atoms with Gasteiger partial charge in [-0.05, 0) is 24.1 Å². The van der Waals surface area contributed by atoms with Gasteiger partial charge in [0.15, 0.2) is 6.29 Å². The summed E-state index contributed by atoms with van der Waals surface area (Å²) in [4.78, 5) is 10.8. The van der Waals surface area contributed by atoms with E-state index in [1.54, 1.807) is 19.1 Å². The Bertz CT molecular complexity index is 346. The number of hydrogen-bond acceptors (Lipinski definition) is 3. The van der Waals surface area contributed by atoms with Crippen LogP contribution in [0.25, 0.3) is 0 Å². The summed E-state index contributed by atoms with van der Waals surface area (Å²) in [6, 6.07) is 7.33. The molecule has 0 aliphatic rings. The van der Waals surface area contributed by atoms with E-state index in [9.17, 15) is 4.79 Å². The highest BCUT2D eigenvalue weighted by atomic mass is 16.5. The molecule has 1 aromatic rings. The molecular formula is C12H17NO3. The zero-order valence-electron chi connectivity index (χ0n) is 9.47. The number of carbonyl (C=O) groups is 1. The molecule has 0 aliphatic carbocycles. The van der Waals surface area contributed by atoms with Gasteiger partial charge in [-0.3, -0.25) is 4.79 Å². The fraction of sp³-hybridized carbons (Fsp3) is 0.417. The van der Waals surface area contributed by atoms with Crippen LogP contribution in [-0.2, 0) is 11.2 Å². The molecule has 88 valence electrons. The van der Waals surface area contributed by atoms with Crippen molar-refractivity contribution in [2.75, 3.05) is 5.32 Å². The molecule has 0 spiro atoms. The third kappa shape index (κ3) is 4.00. The Hall–Kier alpha value is -1.39. The van der Waals surface area contributed by atoms with Crippen molar-refractivity contribution in [2.24, 2.45) is 5.92 Å². The molecule has 0 saturated carbocycles. The first-order valence-electron chi connectivity index (χ1n) is 5.21. The van der Waals surface area contributed by atoms with Crippen molar-refractivity contribution in [3.63, 3.8) is 0 Å². The number of aliphatic hydroxyl groups excluding tert-OH is 1. The maximum atomic E-state index is 10.8. The Kier molecular flexibility index (Phi) is 4.46. The molecule has 1 rings (SSSR count). The first-order chi connectivity index (χ1) is 7.49. The zero-order chi connectivity index (χ0) is 12.1. The van der Waals surface area contributed by atoms with E-state index in [1.165, 1.54) is 6.92 Å². The highest BCUT2D eigenvalue weighted by molar-refractivity contribution is 5.88. The average Bonchev–Trinajstić information content (AvgIpc) is 2.20. The van der Waals surface area contributed by atoms with Gasteiger partial charge in [-0.2, -0.15) is 0 Å². The number of aliphatic hydroxyl groups is 2. The van der Waals surface area contributed by atoms with Crippen LogP contribution in [0.5, 0.6) is 0 Å². The maximum absolute atomic E-state index is 10.8. The van der Waals surface area contributed by atoms with Crippen molar-refractivity contribution in [1.29, 1.82) is 0 Å². The molecule has 0 bridgehead atoms. The summed E-state index contributed by atoms with van der Waals surface area (Å²) in [5.74, 6) is -0.307. The molecule has 4 nitrogen and oxygen atoms in total. The molecule has 0 fully saturated rings. The predicted octanol–water partition coefficient (Wildman–Crippen LogP) is 1.13. The molecule has 0 aromatic heterocycles. The smallest absolute Gasteiger partial charge is 0.221 e. The Morgan fingerprint density at radius 1 is 1.31 bits per heavy atom. The van der Waals surface area contributed by atoms with Crippen LogP contribution < -0.4 is 5.32 Å². The number of carbonyl (C=O) groups excluding carboxylic acids is 1. The standard InChI is InChI=1S/C12H17NO3/c1-8(12(15)16)7-10-3-5-11(6-4-10)13-9(2)14/h3-6,8,12,15-16H,7H2,1-2H3,(H,13,14). The molecular weight excluding hydrogens is 206 g/mol. The summed E-state index contributed by atoms with van der Waals surface area (Å²) in [6.07, 6.45) is -0.701. The summed E-state index contributed by atoms with van der Waals surface area (Å²) >= 11 is 0. The number of hydrogen-bond donors (Lipinski definition) is 3. The lowest BCUT2D eigenvalue weighted by atomic mass is 10.0. The van der Waals surface area contributed by atoms with E-state index in [0.717, 1.165) is 11.3 Å². The lowest BCUT2D eigenvalue weighted by Crippen LogP contribution is -2.18. The van der Waals surface area contributed by atoms with Gasteiger partial charge in [0, 0.05) is 18.5 Å². The Morgan fingerprint density at radius 2 is 1.88 bits per heavy atom. The molecule has 0 aliphatic heterocycles. The molecule has 1 atom stereocenters. The molecule has 16 heavy (non-hydrogen) atoms. The van der Waals surface area contributed by atoms with E-state index < -0.39 is 6.29 Å². The highest BCUT2D eigenvalue weighted by Gasteiger charge is 2.10. The first-order valence-corrected chi connectivity index (χ1v) is 5.21. The van der Waals surface area contributed by atoms with Crippen molar-refractivity contribution in [2.45, 2.75) is 26.6 Å². The van der Waals surface area contributed by atoms with Gasteiger partial charge in [-0.15, -0.1) is 0 Å². The second-order valence-electron chi connectivity index (χ2n) is 3.97. The average molecular weight is 223 g/mol. The van der Waals surface area contributed by atoms with E-state index >= 15 is 0 Å². The zero-order valence-corrected chi connectivity index (χ0v) is 9.47. The largest absolute Gasteiger partial charge is 0.368 e. The van der Waals surface area contributed by atoms with E-state index in [0.29, 0.717) is 6.42 Å². The van der Waals surface area contributed by atoms with Crippen molar-refractivity contribution < 1.29 is 15.0 Å². The second kappa shape index (κ2) is 5.63. The monoisotopic (exact) mass is 223 g/mol. The van der Waals surface area contributed by atoms with Crippen LogP contribution in [0.3, 0.4) is 0 Å². The third-order valence-corrected chi connectivity index (χ3v) is 2.34. The van der Waals surface area contributed by atoms with Crippen LogP contribution in [0.15, 0.2) is 24.3 Å². The third-order valence-electron chi connectivity index (χ3n) is 2.34. The van der Waals surface area contributed by atoms with Gasteiger partial charge in [0.2, 0.25) is 5.91 Å². The van der Waals surface area contributed by atoms with Crippen molar-refractivity contribution in [3.05, 3.63) is 29.8 Å². The summed E-state index contributed by atoms with van der Waals surface area (Å²) < 4.78 is 0. The number of anilines is 1. The summed E-state index contributed by atoms with van der Waals surface area (Å²) in [5, 5.41) is 20.6. The summed E-state index contributed by atoms with van der Waals surface area (Å²) in [6.45, 7) is 3.23. The van der Waals surface area contributed by atoms with Gasteiger partial charge < -0.3 is 15.5 Å². The fourth-order valence-corrected chi connectivity index (χ4v) is 1.40. The molecule has 0 saturated heterocycles. The van der Waals surface area contributed by atoms with Crippen molar-refractivity contribution >= 4 is 11.6 Å². The molecule has 1 amide bonds. The van der Waals surface area contributed by atoms with Crippen LogP contribution in [0.2, 0.25) is 0 Å². The molecule has 0 radical (unpaired) electrons. The number of amides is 1. The van der Waals surface area contributed by atoms with Gasteiger partial charge >= 0.3 is 0 Å². The van der Waals surface area contributed by atoms with E-state index in [-0.39, 0.29) is 11.8 Å². The summed E-state index contributed by atoms with van der Waals surface area (Å²) in [5.41, 5.74) is 1.75. The second-order valence-corrected chi connectivity index (χ2v) is 3.97. The maximum Gasteiger partial charge on any atom is 0.221 e. The lowest BCUT2D eigenvalue weighted by molar-refractivity contribution is -0.114. The quantitative estimate of drug-likeness (QED) is 0.670. The van der Waals surface area contributed by atoms with Gasteiger partial charge in [0.1, 0.15) is 0 Å².